The van der Waals surface area contributed by atoms with Crippen molar-refractivity contribution >= 4 is 43.7 Å². The Hall–Kier alpha value is -0.250. The molecule has 0 aliphatic rings. The molecule has 3 nitrogen and oxygen atoms in total. The van der Waals surface area contributed by atoms with Gasteiger partial charge in [0.05, 0.1) is 0 Å². The largest absolute Gasteiger partial charge is 2.00 e. The minimum Gasteiger partial charge on any atom is -1.00 e. The first-order valence-corrected chi connectivity index (χ1v) is 10.1. The van der Waals surface area contributed by atoms with Crippen LogP contribution in [0.4, 0.5) is 0 Å². The van der Waals surface area contributed by atoms with Crippen molar-refractivity contribution in [3.63, 3.8) is 0 Å². The molecule has 1 aromatic rings. The van der Waals surface area contributed by atoms with Gasteiger partial charge in [0.15, 0.2) is 0 Å². The third kappa shape index (κ3) is 10.8. The summed E-state index contributed by atoms with van der Waals surface area (Å²) in [7, 11) is 0. The summed E-state index contributed by atoms with van der Waals surface area (Å²) in [5.41, 5.74) is 1.01. The predicted octanol–water partition coefficient (Wildman–Crippen LogP) is 6.74. The summed E-state index contributed by atoms with van der Waals surface area (Å²) in [5.74, 6) is -0.892. The Morgan fingerprint density at radius 1 is 0.962 bits per heavy atom. The Morgan fingerprint density at radius 3 is 1.96 bits per heavy atom. The van der Waals surface area contributed by atoms with Crippen molar-refractivity contribution in [1.82, 2.24) is 0 Å². The molecule has 1 aromatic carbocycles. The molecule has 1 atom stereocenters. The number of phenols is 1. The Labute approximate surface area is 192 Å². The maximum absolute atomic E-state index is 11.1. The van der Waals surface area contributed by atoms with E-state index in [0.29, 0.717) is 5.92 Å². The van der Waals surface area contributed by atoms with Gasteiger partial charge in [0.25, 0.3) is 0 Å². The Balaban J connectivity index is -0.00000208. The number of hydrogen-bond acceptors (Lipinski definition) is 2. The summed E-state index contributed by atoms with van der Waals surface area (Å²) in [6, 6.07) is 4.95. The zero-order valence-electron chi connectivity index (χ0n) is 18.8. The zero-order chi connectivity index (χ0) is 18.5. The fourth-order valence-electron chi connectivity index (χ4n) is 3.31. The van der Waals surface area contributed by atoms with Crippen molar-refractivity contribution in [1.29, 1.82) is 0 Å². The maximum Gasteiger partial charge on any atom is 2.00 e. The number of unbranched alkanes of at least 4 members (excludes halogenated alkanes) is 10. The van der Waals surface area contributed by atoms with Crippen molar-refractivity contribution in [3.05, 3.63) is 29.3 Å². The first-order chi connectivity index (χ1) is 12.1. The van der Waals surface area contributed by atoms with Crippen LogP contribution < -0.4 is 0 Å². The van der Waals surface area contributed by atoms with Gasteiger partial charge in [-0.1, -0.05) is 90.5 Å². The molecule has 0 bridgehead atoms. The van der Waals surface area contributed by atoms with Gasteiger partial charge >= 0.3 is 43.7 Å². The van der Waals surface area contributed by atoms with Gasteiger partial charge in [0.1, 0.15) is 11.3 Å². The molecule has 0 aromatic heterocycles. The Bertz CT molecular complexity index is 513. The quantitative estimate of drug-likeness (QED) is 0.273. The van der Waals surface area contributed by atoms with E-state index in [1.54, 1.807) is 6.07 Å². The molecule has 146 valence electrons. The van der Waals surface area contributed by atoms with E-state index >= 15 is 0 Å². The second-order valence-electron chi connectivity index (χ2n) is 7.31. The van der Waals surface area contributed by atoms with Crippen LogP contribution in [0.25, 0.3) is 0 Å². The smallest absolute Gasteiger partial charge is 1.00 e. The van der Waals surface area contributed by atoms with Crippen LogP contribution in [0.5, 0.6) is 5.75 Å². The van der Waals surface area contributed by atoms with Crippen LogP contribution in [0, 0.1) is 0 Å². The number of aromatic hydroxyl groups is 1. The third-order valence-corrected chi connectivity index (χ3v) is 5.06. The van der Waals surface area contributed by atoms with E-state index in [1.165, 1.54) is 76.7 Å². The SMILES string of the molecule is CCCCCCCCCCCCCC(C)c1ccc(O)c(C(=O)O)c1.[Ca+2].[H-].[H-]. The summed E-state index contributed by atoms with van der Waals surface area (Å²) in [6.07, 6.45) is 15.8. The van der Waals surface area contributed by atoms with Crippen LogP contribution >= 0.6 is 0 Å². The molecule has 1 rings (SSSR count). The molecule has 0 aliphatic carbocycles. The Kier molecular flexibility index (Phi) is 15.6. The number of hydrogen-bond donors (Lipinski definition) is 2. The van der Waals surface area contributed by atoms with Gasteiger partial charge in [0, 0.05) is 0 Å². The molecular weight excluding hydrogens is 352 g/mol. The molecule has 4 heteroatoms. The minimum absolute atomic E-state index is 0. The summed E-state index contributed by atoms with van der Waals surface area (Å²) in [4.78, 5) is 11.1. The fourth-order valence-corrected chi connectivity index (χ4v) is 3.31. The monoisotopic (exact) mass is 390 g/mol. The maximum atomic E-state index is 11.1. The van der Waals surface area contributed by atoms with E-state index in [9.17, 15) is 9.90 Å². The summed E-state index contributed by atoms with van der Waals surface area (Å²) < 4.78 is 0. The van der Waals surface area contributed by atoms with Crippen molar-refractivity contribution in [3.8, 4) is 5.75 Å². The topological polar surface area (TPSA) is 57.5 Å². The standard InChI is InChI=1S/C22H36O3.Ca.2H/c1-3-4-5-6-7-8-9-10-11-12-13-14-18(2)19-15-16-21(23)20(17-19)22(24)25;;;/h15-18,23H,3-14H2,1-2H3,(H,24,25);;;/q;+2;2*-1. The second kappa shape index (κ2) is 15.8. The normalized spacial score (nSPS) is 11.8. The van der Waals surface area contributed by atoms with Gasteiger partial charge in [-0.15, -0.1) is 0 Å². The molecule has 0 aliphatic heterocycles. The van der Waals surface area contributed by atoms with Gasteiger partial charge in [0.2, 0.25) is 0 Å². The van der Waals surface area contributed by atoms with E-state index in [2.05, 4.69) is 13.8 Å². The fraction of sp³-hybridized carbons (Fsp3) is 0.682. The molecule has 1 unspecified atom stereocenters. The third-order valence-electron chi connectivity index (χ3n) is 5.06. The van der Waals surface area contributed by atoms with Gasteiger partial charge in [-0.3, -0.25) is 0 Å². The van der Waals surface area contributed by atoms with Gasteiger partial charge in [-0.25, -0.2) is 4.79 Å². The van der Waals surface area contributed by atoms with E-state index in [1.807, 2.05) is 6.07 Å². The molecule has 0 spiro atoms. The minimum atomic E-state index is -1.07. The predicted molar refractivity (Wildman–Crippen MR) is 113 cm³/mol. The van der Waals surface area contributed by atoms with Crippen LogP contribution in [-0.4, -0.2) is 53.9 Å². The zero-order valence-corrected chi connectivity index (χ0v) is 19.0. The van der Waals surface area contributed by atoms with Crippen molar-refractivity contribution < 1.29 is 17.9 Å². The van der Waals surface area contributed by atoms with E-state index in [4.69, 9.17) is 5.11 Å². The first kappa shape index (κ1) is 25.7. The molecule has 0 heterocycles. The number of rotatable bonds is 14. The number of aromatic carboxylic acids is 1. The van der Waals surface area contributed by atoms with E-state index in [0.717, 1.165) is 12.0 Å². The van der Waals surface area contributed by atoms with Crippen LogP contribution in [0.3, 0.4) is 0 Å². The molecule has 0 radical (unpaired) electrons. The molecular formula is C22H38CaO3. The van der Waals surface area contributed by atoms with Crippen LogP contribution in [-0.2, 0) is 0 Å². The van der Waals surface area contributed by atoms with Gasteiger partial charge in [-0.2, -0.15) is 0 Å². The van der Waals surface area contributed by atoms with Crippen molar-refractivity contribution in [2.75, 3.05) is 0 Å². The molecule has 0 amide bonds. The molecule has 26 heavy (non-hydrogen) atoms. The summed E-state index contributed by atoms with van der Waals surface area (Å²) >= 11 is 0. The van der Waals surface area contributed by atoms with Crippen LogP contribution in [0.15, 0.2) is 18.2 Å². The van der Waals surface area contributed by atoms with Crippen molar-refractivity contribution in [2.24, 2.45) is 0 Å². The number of carboxylic acids is 1. The number of carboxylic acid groups (broad SMARTS) is 1. The second-order valence-corrected chi connectivity index (χ2v) is 7.31. The van der Waals surface area contributed by atoms with Gasteiger partial charge < -0.3 is 13.1 Å². The molecule has 0 saturated carbocycles. The molecule has 2 N–H and O–H groups in total. The summed E-state index contributed by atoms with van der Waals surface area (Å²) in [5, 5.41) is 18.7. The average Bonchev–Trinajstić information content (AvgIpc) is 2.59. The van der Waals surface area contributed by atoms with Crippen LogP contribution in [0.2, 0.25) is 0 Å². The van der Waals surface area contributed by atoms with E-state index in [-0.39, 0.29) is 51.9 Å². The molecule has 0 saturated heterocycles. The number of carbonyl (C=O) groups is 1. The Morgan fingerprint density at radius 2 is 1.46 bits per heavy atom. The van der Waals surface area contributed by atoms with Crippen LogP contribution in [0.1, 0.15) is 116 Å². The number of benzene rings is 1. The summed E-state index contributed by atoms with van der Waals surface area (Å²) in [6.45, 7) is 4.39. The molecule has 0 fully saturated rings. The first-order valence-electron chi connectivity index (χ1n) is 10.1. The van der Waals surface area contributed by atoms with E-state index < -0.39 is 5.97 Å². The van der Waals surface area contributed by atoms with Gasteiger partial charge in [-0.05, 0) is 30.0 Å². The average molecular weight is 391 g/mol. The van der Waals surface area contributed by atoms with Crippen molar-refractivity contribution in [2.45, 2.75) is 96.8 Å².